The van der Waals surface area contributed by atoms with E-state index in [2.05, 4.69) is 14.2 Å². The van der Waals surface area contributed by atoms with Gasteiger partial charge in [-0.25, -0.2) is 4.79 Å². The predicted molar refractivity (Wildman–Crippen MR) is 68.4 cm³/mol. The molecule has 5 nitrogen and oxygen atoms in total. The number of benzene rings is 1. The van der Waals surface area contributed by atoms with Crippen molar-refractivity contribution in [2.75, 3.05) is 13.2 Å². The Kier molecular flexibility index (Phi) is 5.85. The maximum atomic E-state index is 10.3. The lowest BCUT2D eigenvalue weighted by atomic mass is 9.96. The highest BCUT2D eigenvalue weighted by molar-refractivity contribution is 5.60. The zero-order valence-electron chi connectivity index (χ0n) is 11.1. The highest BCUT2D eigenvalue weighted by Gasteiger charge is 2.27. The van der Waals surface area contributed by atoms with E-state index < -0.39 is 6.16 Å². The van der Waals surface area contributed by atoms with Crippen LogP contribution >= 0.6 is 0 Å². The summed E-state index contributed by atoms with van der Waals surface area (Å²) in [6.45, 7) is 5.72. The lowest BCUT2D eigenvalue weighted by Gasteiger charge is -2.27. The molecule has 0 spiro atoms. The summed E-state index contributed by atoms with van der Waals surface area (Å²) in [5.74, 6) is 0. The van der Waals surface area contributed by atoms with Crippen molar-refractivity contribution >= 4 is 12.6 Å². The number of hydrogen-bond donors (Lipinski definition) is 0. The molecule has 1 aromatic rings. The largest absolute Gasteiger partial charge is 0.508 e. The summed E-state index contributed by atoms with van der Waals surface area (Å²) in [6.07, 6.45) is -0.547. The molecule has 104 valence electrons. The summed E-state index contributed by atoms with van der Waals surface area (Å²) in [5, 5.41) is 0. The molecule has 1 heterocycles. The molecule has 0 saturated carbocycles. The van der Waals surface area contributed by atoms with Gasteiger partial charge in [0.2, 0.25) is 0 Å². The standard InChI is InChI=1S/C8H8O2.C6H10O3/c9-7-10-6-8-4-2-1-3-5-8;1-6(2)3-8-5(7)9-4-6/h1-5,7H,6H2;3-4H2,1-2H3. The van der Waals surface area contributed by atoms with E-state index in [1.54, 1.807) is 0 Å². The monoisotopic (exact) mass is 266 g/mol. The zero-order valence-corrected chi connectivity index (χ0v) is 11.1. The smallest absolute Gasteiger partial charge is 0.463 e. The Labute approximate surface area is 112 Å². The van der Waals surface area contributed by atoms with Crippen molar-refractivity contribution in [3.8, 4) is 0 Å². The second kappa shape index (κ2) is 7.41. The predicted octanol–water partition coefficient (Wildman–Crippen LogP) is 2.54. The van der Waals surface area contributed by atoms with Gasteiger partial charge in [-0.2, -0.15) is 0 Å². The summed E-state index contributed by atoms with van der Waals surface area (Å²) in [6, 6.07) is 9.55. The molecular formula is C14H18O5. The summed E-state index contributed by atoms with van der Waals surface area (Å²) in [5.41, 5.74) is 1.00. The average Bonchev–Trinajstić information content (AvgIpc) is 2.42. The molecule has 0 amide bonds. The Morgan fingerprint density at radius 3 is 2.26 bits per heavy atom. The maximum absolute atomic E-state index is 10.3. The first-order valence-corrected chi connectivity index (χ1v) is 5.92. The van der Waals surface area contributed by atoms with Crippen LogP contribution in [0.25, 0.3) is 0 Å². The first-order chi connectivity index (χ1) is 9.03. The van der Waals surface area contributed by atoms with Crippen LogP contribution in [0.15, 0.2) is 30.3 Å². The van der Waals surface area contributed by atoms with Gasteiger partial charge in [-0.3, -0.25) is 4.79 Å². The molecule has 1 aromatic carbocycles. The molecule has 0 bridgehead atoms. The van der Waals surface area contributed by atoms with Gasteiger partial charge >= 0.3 is 6.16 Å². The van der Waals surface area contributed by atoms with Crippen molar-refractivity contribution < 1.29 is 23.8 Å². The number of ether oxygens (including phenoxy) is 3. The zero-order chi connectivity index (χ0) is 14.1. The third kappa shape index (κ3) is 6.45. The van der Waals surface area contributed by atoms with Crippen LogP contribution in [-0.2, 0) is 25.6 Å². The topological polar surface area (TPSA) is 61.8 Å². The Balaban J connectivity index is 0.000000191. The molecule has 0 aromatic heterocycles. The van der Waals surface area contributed by atoms with E-state index in [1.807, 2.05) is 44.2 Å². The highest BCUT2D eigenvalue weighted by Crippen LogP contribution is 2.20. The third-order valence-electron chi connectivity index (χ3n) is 2.32. The van der Waals surface area contributed by atoms with Gasteiger partial charge in [-0.1, -0.05) is 44.2 Å². The molecular weight excluding hydrogens is 248 g/mol. The number of carbonyl (C=O) groups is 2. The second-order valence-electron chi connectivity index (χ2n) is 4.88. The van der Waals surface area contributed by atoms with Crippen LogP contribution in [0, 0.1) is 5.41 Å². The van der Waals surface area contributed by atoms with Gasteiger partial charge in [0, 0.05) is 5.41 Å². The Morgan fingerprint density at radius 2 is 1.79 bits per heavy atom. The molecule has 0 unspecified atom stereocenters. The summed E-state index contributed by atoms with van der Waals surface area (Å²) in [7, 11) is 0. The van der Waals surface area contributed by atoms with Crippen molar-refractivity contribution in [1.29, 1.82) is 0 Å². The van der Waals surface area contributed by atoms with Gasteiger partial charge in [-0.05, 0) is 5.56 Å². The van der Waals surface area contributed by atoms with Crippen LogP contribution in [-0.4, -0.2) is 25.8 Å². The molecule has 5 heteroatoms. The van der Waals surface area contributed by atoms with Gasteiger partial charge in [0.05, 0.1) is 0 Å². The van der Waals surface area contributed by atoms with E-state index in [0.29, 0.717) is 26.3 Å². The van der Waals surface area contributed by atoms with Crippen molar-refractivity contribution in [1.82, 2.24) is 0 Å². The van der Waals surface area contributed by atoms with E-state index in [0.717, 1.165) is 5.56 Å². The number of carbonyl (C=O) groups excluding carboxylic acids is 2. The summed E-state index contributed by atoms with van der Waals surface area (Å²) < 4.78 is 13.8. The fourth-order valence-corrected chi connectivity index (χ4v) is 1.30. The number of cyclic esters (lactones) is 2. The molecule has 0 atom stereocenters. The van der Waals surface area contributed by atoms with Gasteiger partial charge in [-0.15, -0.1) is 0 Å². The lowest BCUT2D eigenvalue weighted by Crippen LogP contribution is -2.34. The minimum atomic E-state index is -0.547. The maximum Gasteiger partial charge on any atom is 0.508 e. The van der Waals surface area contributed by atoms with Gasteiger partial charge in [0.25, 0.3) is 6.47 Å². The fraction of sp³-hybridized carbons (Fsp3) is 0.429. The normalized spacial score (nSPS) is 16.2. The summed E-state index contributed by atoms with van der Waals surface area (Å²) in [4.78, 5) is 20.1. The van der Waals surface area contributed by atoms with Crippen LogP contribution in [0.4, 0.5) is 4.79 Å². The quantitative estimate of drug-likeness (QED) is 0.621. The second-order valence-corrected chi connectivity index (χ2v) is 4.88. The Hall–Kier alpha value is -2.04. The molecule has 1 fully saturated rings. The minimum Gasteiger partial charge on any atom is -0.463 e. The van der Waals surface area contributed by atoms with E-state index in [4.69, 9.17) is 0 Å². The van der Waals surface area contributed by atoms with E-state index in [1.165, 1.54) is 0 Å². The first kappa shape index (κ1) is 15.0. The molecule has 0 N–H and O–H groups in total. The van der Waals surface area contributed by atoms with E-state index >= 15 is 0 Å². The molecule has 0 aliphatic carbocycles. The van der Waals surface area contributed by atoms with Gasteiger partial charge < -0.3 is 14.2 Å². The van der Waals surface area contributed by atoms with Crippen LogP contribution in [0.5, 0.6) is 0 Å². The SMILES string of the molecule is CC1(C)COC(=O)OC1.O=COCc1ccccc1. The third-order valence-corrected chi connectivity index (χ3v) is 2.32. The molecule has 19 heavy (non-hydrogen) atoms. The van der Waals surface area contributed by atoms with Crippen LogP contribution in [0.1, 0.15) is 19.4 Å². The Morgan fingerprint density at radius 1 is 1.21 bits per heavy atom. The molecule has 2 rings (SSSR count). The summed E-state index contributed by atoms with van der Waals surface area (Å²) >= 11 is 0. The lowest BCUT2D eigenvalue weighted by molar-refractivity contribution is -0.129. The number of hydrogen-bond acceptors (Lipinski definition) is 5. The van der Waals surface area contributed by atoms with Gasteiger partial charge in [0.1, 0.15) is 19.8 Å². The van der Waals surface area contributed by atoms with Crippen LogP contribution in [0.2, 0.25) is 0 Å². The van der Waals surface area contributed by atoms with Crippen LogP contribution in [0.3, 0.4) is 0 Å². The molecule has 0 radical (unpaired) electrons. The Bertz CT molecular complexity index is 388. The van der Waals surface area contributed by atoms with Crippen molar-refractivity contribution in [3.63, 3.8) is 0 Å². The minimum absolute atomic E-state index is 0.00604. The first-order valence-electron chi connectivity index (χ1n) is 5.92. The van der Waals surface area contributed by atoms with Crippen molar-refractivity contribution in [3.05, 3.63) is 35.9 Å². The number of rotatable bonds is 3. The fourth-order valence-electron chi connectivity index (χ4n) is 1.30. The molecule has 1 saturated heterocycles. The molecule has 1 aliphatic rings. The van der Waals surface area contributed by atoms with E-state index in [9.17, 15) is 9.59 Å². The van der Waals surface area contributed by atoms with Gasteiger partial charge in [0.15, 0.2) is 0 Å². The van der Waals surface area contributed by atoms with E-state index in [-0.39, 0.29) is 5.41 Å². The average molecular weight is 266 g/mol. The molecule has 1 aliphatic heterocycles. The highest BCUT2D eigenvalue weighted by atomic mass is 16.7. The van der Waals surface area contributed by atoms with Crippen molar-refractivity contribution in [2.45, 2.75) is 20.5 Å². The van der Waals surface area contributed by atoms with Crippen molar-refractivity contribution in [2.24, 2.45) is 5.41 Å². The van der Waals surface area contributed by atoms with Crippen LogP contribution < -0.4 is 0 Å².